The largest absolute Gasteiger partial charge is 0.326 e. The third-order valence-electron chi connectivity index (χ3n) is 2.55. The molecule has 0 aliphatic heterocycles. The predicted octanol–water partition coefficient (Wildman–Crippen LogP) is 2.97. The number of sulfonamides is 1. The molecular formula is C12H13ClN2O2S2. The Morgan fingerprint density at radius 2 is 2.11 bits per heavy atom. The highest BCUT2D eigenvalue weighted by Gasteiger charge is 2.20. The van der Waals surface area contributed by atoms with Gasteiger partial charge in [0.05, 0.1) is 10.7 Å². The molecule has 0 unspecified atom stereocenters. The van der Waals surface area contributed by atoms with Crippen molar-refractivity contribution in [1.29, 1.82) is 0 Å². The van der Waals surface area contributed by atoms with Gasteiger partial charge in [-0.15, -0.1) is 11.3 Å². The molecule has 102 valence electrons. The summed E-state index contributed by atoms with van der Waals surface area (Å²) < 4.78 is 27.1. The van der Waals surface area contributed by atoms with Gasteiger partial charge in [-0.2, -0.15) is 0 Å². The second-order valence-corrected chi connectivity index (χ2v) is 7.06. The molecule has 0 aliphatic carbocycles. The third-order valence-corrected chi connectivity index (χ3v) is 5.40. The Kier molecular flexibility index (Phi) is 4.15. The van der Waals surface area contributed by atoms with E-state index < -0.39 is 10.0 Å². The summed E-state index contributed by atoms with van der Waals surface area (Å²) in [6, 6.07) is 6.70. The first-order valence-corrected chi connectivity index (χ1v) is 8.23. The van der Waals surface area contributed by atoms with E-state index in [1.54, 1.807) is 23.6 Å². The number of anilines is 1. The van der Waals surface area contributed by atoms with Crippen molar-refractivity contribution in [3.63, 3.8) is 0 Å². The van der Waals surface area contributed by atoms with Crippen molar-refractivity contribution in [2.24, 2.45) is 5.73 Å². The fraction of sp³-hybridized carbons (Fsp3) is 0.167. The molecule has 1 aromatic heterocycles. The lowest BCUT2D eigenvalue weighted by atomic mass is 10.2. The van der Waals surface area contributed by atoms with Crippen molar-refractivity contribution < 1.29 is 8.42 Å². The van der Waals surface area contributed by atoms with E-state index in [9.17, 15) is 8.42 Å². The van der Waals surface area contributed by atoms with Gasteiger partial charge in [-0.25, -0.2) is 8.42 Å². The van der Waals surface area contributed by atoms with Crippen LogP contribution in [0.3, 0.4) is 0 Å². The van der Waals surface area contributed by atoms with Crippen LogP contribution in [-0.4, -0.2) is 8.42 Å². The molecule has 19 heavy (non-hydrogen) atoms. The van der Waals surface area contributed by atoms with Crippen LogP contribution in [0.4, 0.5) is 5.69 Å². The number of aryl methyl sites for hydroxylation is 1. The lowest BCUT2D eigenvalue weighted by Gasteiger charge is -2.10. The zero-order valence-corrected chi connectivity index (χ0v) is 12.6. The van der Waals surface area contributed by atoms with E-state index in [-0.39, 0.29) is 11.4 Å². The number of benzene rings is 1. The molecule has 0 amide bonds. The van der Waals surface area contributed by atoms with Crippen LogP contribution < -0.4 is 10.5 Å². The highest BCUT2D eigenvalue weighted by molar-refractivity contribution is 7.93. The highest BCUT2D eigenvalue weighted by Crippen LogP contribution is 2.28. The highest BCUT2D eigenvalue weighted by atomic mass is 35.5. The average Bonchev–Trinajstić information content (AvgIpc) is 2.82. The fourth-order valence-electron chi connectivity index (χ4n) is 1.63. The molecule has 0 saturated heterocycles. The molecular weight excluding hydrogens is 304 g/mol. The van der Waals surface area contributed by atoms with Crippen molar-refractivity contribution in [2.75, 3.05) is 4.72 Å². The zero-order chi connectivity index (χ0) is 14.0. The van der Waals surface area contributed by atoms with Crippen molar-refractivity contribution in [1.82, 2.24) is 0 Å². The van der Waals surface area contributed by atoms with Gasteiger partial charge in [-0.3, -0.25) is 4.72 Å². The number of halogens is 1. The molecule has 0 aliphatic rings. The van der Waals surface area contributed by atoms with E-state index in [4.69, 9.17) is 17.3 Å². The standard InChI is InChI=1S/C12H13ClN2O2S2/c1-8-2-3-9(13)10(6-8)15-19(16,17)12-4-5-18-11(12)7-14/h2-6,15H,7,14H2,1H3. The SMILES string of the molecule is Cc1ccc(Cl)c(NS(=O)(=O)c2ccsc2CN)c1. The molecule has 2 aromatic rings. The summed E-state index contributed by atoms with van der Waals surface area (Å²) in [5, 5.41) is 2.06. The van der Waals surface area contributed by atoms with Crippen LogP contribution in [-0.2, 0) is 16.6 Å². The van der Waals surface area contributed by atoms with E-state index >= 15 is 0 Å². The van der Waals surface area contributed by atoms with Crippen molar-refractivity contribution >= 4 is 38.6 Å². The van der Waals surface area contributed by atoms with E-state index in [0.29, 0.717) is 15.6 Å². The maximum atomic E-state index is 12.3. The molecule has 3 N–H and O–H groups in total. The minimum atomic E-state index is -3.66. The molecule has 0 radical (unpaired) electrons. The maximum Gasteiger partial charge on any atom is 0.263 e. The van der Waals surface area contributed by atoms with Gasteiger partial charge in [0.25, 0.3) is 10.0 Å². The summed E-state index contributed by atoms with van der Waals surface area (Å²) in [4.78, 5) is 0.828. The molecule has 0 spiro atoms. The van der Waals surface area contributed by atoms with Gasteiger partial charge < -0.3 is 5.73 Å². The van der Waals surface area contributed by atoms with Gasteiger partial charge in [0.15, 0.2) is 0 Å². The number of thiophene rings is 1. The van der Waals surface area contributed by atoms with E-state index in [0.717, 1.165) is 5.56 Å². The lowest BCUT2D eigenvalue weighted by Crippen LogP contribution is -2.15. The Morgan fingerprint density at radius 1 is 1.37 bits per heavy atom. The third kappa shape index (κ3) is 3.09. The molecule has 7 heteroatoms. The summed E-state index contributed by atoms with van der Waals surface area (Å²) in [6.45, 7) is 2.06. The molecule has 0 fully saturated rings. The molecule has 1 heterocycles. The first-order valence-electron chi connectivity index (χ1n) is 5.49. The summed E-state index contributed by atoms with van der Waals surface area (Å²) in [7, 11) is -3.66. The Bertz CT molecular complexity index is 696. The summed E-state index contributed by atoms with van der Waals surface area (Å²) >= 11 is 7.31. The maximum absolute atomic E-state index is 12.3. The molecule has 0 saturated carbocycles. The number of rotatable bonds is 4. The van der Waals surface area contributed by atoms with Crippen LogP contribution in [0.15, 0.2) is 34.5 Å². The summed E-state index contributed by atoms with van der Waals surface area (Å²) in [6.07, 6.45) is 0. The van der Waals surface area contributed by atoms with Gasteiger partial charge >= 0.3 is 0 Å². The average molecular weight is 317 g/mol. The molecule has 4 nitrogen and oxygen atoms in total. The van der Waals surface area contributed by atoms with Crippen LogP contribution in [0.1, 0.15) is 10.4 Å². The van der Waals surface area contributed by atoms with Gasteiger partial charge in [0.1, 0.15) is 4.90 Å². The number of nitrogens with one attached hydrogen (secondary N) is 1. The van der Waals surface area contributed by atoms with Gasteiger partial charge in [-0.1, -0.05) is 17.7 Å². The van der Waals surface area contributed by atoms with Crippen molar-refractivity contribution in [2.45, 2.75) is 18.4 Å². The molecule has 0 bridgehead atoms. The van der Waals surface area contributed by atoms with E-state index in [1.807, 2.05) is 13.0 Å². The summed E-state index contributed by atoms with van der Waals surface area (Å²) in [5.41, 5.74) is 6.83. The predicted molar refractivity (Wildman–Crippen MR) is 79.2 cm³/mol. The minimum Gasteiger partial charge on any atom is -0.326 e. The lowest BCUT2D eigenvalue weighted by molar-refractivity contribution is 0.600. The van der Waals surface area contributed by atoms with Gasteiger partial charge in [0.2, 0.25) is 0 Å². The summed E-state index contributed by atoms with van der Waals surface area (Å²) in [5.74, 6) is 0. The van der Waals surface area contributed by atoms with Crippen LogP contribution >= 0.6 is 22.9 Å². The molecule has 0 atom stereocenters. The van der Waals surface area contributed by atoms with E-state index in [1.165, 1.54) is 11.3 Å². The Hall–Kier alpha value is -1.08. The Balaban J connectivity index is 2.39. The second kappa shape index (κ2) is 5.50. The minimum absolute atomic E-state index is 0.190. The fourth-order valence-corrected chi connectivity index (χ4v) is 4.26. The second-order valence-electron chi connectivity index (χ2n) is 4.00. The van der Waals surface area contributed by atoms with Crippen LogP contribution in [0.5, 0.6) is 0 Å². The van der Waals surface area contributed by atoms with Crippen molar-refractivity contribution in [3.8, 4) is 0 Å². The van der Waals surface area contributed by atoms with Crippen LogP contribution in [0.2, 0.25) is 5.02 Å². The topological polar surface area (TPSA) is 72.2 Å². The monoisotopic (exact) mass is 316 g/mol. The normalized spacial score (nSPS) is 11.5. The van der Waals surface area contributed by atoms with Crippen LogP contribution in [0, 0.1) is 6.92 Å². The van der Waals surface area contributed by atoms with Gasteiger partial charge in [0, 0.05) is 11.4 Å². The Morgan fingerprint density at radius 3 is 2.79 bits per heavy atom. The Labute approximate surface area is 121 Å². The molecule has 1 aromatic carbocycles. The van der Waals surface area contributed by atoms with Gasteiger partial charge in [-0.05, 0) is 36.1 Å². The van der Waals surface area contributed by atoms with Crippen molar-refractivity contribution in [3.05, 3.63) is 45.1 Å². The zero-order valence-electron chi connectivity index (χ0n) is 10.2. The number of nitrogens with two attached hydrogens (primary N) is 1. The first-order chi connectivity index (χ1) is 8.94. The van der Waals surface area contributed by atoms with E-state index in [2.05, 4.69) is 4.72 Å². The number of hydrogen-bond acceptors (Lipinski definition) is 4. The number of hydrogen-bond donors (Lipinski definition) is 2. The first kappa shape index (κ1) is 14.3. The smallest absolute Gasteiger partial charge is 0.263 e. The quantitative estimate of drug-likeness (QED) is 0.911. The van der Waals surface area contributed by atoms with Crippen LogP contribution in [0.25, 0.3) is 0 Å². The molecule has 2 rings (SSSR count).